The summed E-state index contributed by atoms with van der Waals surface area (Å²) < 4.78 is 29.6. The summed E-state index contributed by atoms with van der Waals surface area (Å²) in [6.07, 6.45) is 1.42. The van der Waals surface area contributed by atoms with E-state index >= 15 is 0 Å². The number of amides is 1. The van der Waals surface area contributed by atoms with E-state index in [-0.39, 0.29) is 16.6 Å². The van der Waals surface area contributed by atoms with Gasteiger partial charge in [0.05, 0.1) is 5.69 Å². The van der Waals surface area contributed by atoms with E-state index in [4.69, 9.17) is 23.8 Å². The van der Waals surface area contributed by atoms with Crippen LogP contribution in [-0.4, -0.2) is 17.6 Å². The lowest BCUT2D eigenvalue weighted by Gasteiger charge is -2.15. The van der Waals surface area contributed by atoms with E-state index in [1.807, 2.05) is 6.92 Å². The van der Waals surface area contributed by atoms with Crippen molar-refractivity contribution < 1.29 is 18.3 Å². The second kappa shape index (κ2) is 7.39. The molecule has 1 aliphatic heterocycles. The second-order valence-corrected chi connectivity index (χ2v) is 6.27. The summed E-state index contributed by atoms with van der Waals surface area (Å²) in [5, 5.41) is 3.48. The van der Waals surface area contributed by atoms with Crippen LogP contribution in [0.15, 0.2) is 48.2 Å². The van der Waals surface area contributed by atoms with Crippen LogP contribution in [0.4, 0.5) is 14.5 Å². The molecule has 1 saturated heterocycles. The van der Waals surface area contributed by atoms with E-state index in [9.17, 15) is 13.6 Å². The molecule has 26 heavy (non-hydrogen) atoms. The fourth-order valence-electron chi connectivity index (χ4n) is 2.45. The maximum Gasteiger partial charge on any atom is 0.387 e. The van der Waals surface area contributed by atoms with Crippen molar-refractivity contribution in [3.05, 3.63) is 64.3 Å². The van der Waals surface area contributed by atoms with E-state index in [1.54, 1.807) is 36.4 Å². The van der Waals surface area contributed by atoms with Gasteiger partial charge >= 0.3 is 6.61 Å². The van der Waals surface area contributed by atoms with Crippen LogP contribution in [0.1, 0.15) is 11.1 Å². The van der Waals surface area contributed by atoms with Crippen molar-refractivity contribution in [1.82, 2.24) is 5.32 Å². The smallest absolute Gasteiger partial charge is 0.387 e. The normalized spacial score (nSPS) is 15.7. The number of ether oxygens (including phenoxy) is 1. The fraction of sp³-hybridized carbons (Fsp3) is 0.111. The standard InChI is InChI=1S/C18H13ClF2N2O2S/c1-10-6-7-12(9-13(10)19)23-16(24)14(22-18(23)26)8-11-4-2-3-5-15(11)25-17(20)21/h2-9,17H,1H3,(H,22,26)/b14-8+. The lowest BCUT2D eigenvalue weighted by Crippen LogP contribution is -2.30. The third-order valence-corrected chi connectivity index (χ3v) is 4.42. The van der Waals surface area contributed by atoms with Gasteiger partial charge < -0.3 is 10.1 Å². The topological polar surface area (TPSA) is 41.6 Å². The lowest BCUT2D eigenvalue weighted by atomic mass is 10.1. The zero-order chi connectivity index (χ0) is 18.8. The largest absolute Gasteiger partial charge is 0.434 e. The van der Waals surface area contributed by atoms with E-state index < -0.39 is 12.5 Å². The number of para-hydroxylation sites is 1. The van der Waals surface area contributed by atoms with Gasteiger partial charge in [0.2, 0.25) is 0 Å². The molecule has 2 aromatic carbocycles. The van der Waals surface area contributed by atoms with Crippen molar-refractivity contribution in [3.8, 4) is 5.75 Å². The highest BCUT2D eigenvalue weighted by atomic mass is 35.5. The first-order valence-corrected chi connectivity index (χ1v) is 8.32. The van der Waals surface area contributed by atoms with Gasteiger partial charge in [-0.1, -0.05) is 35.9 Å². The summed E-state index contributed by atoms with van der Waals surface area (Å²) in [4.78, 5) is 14.0. The van der Waals surface area contributed by atoms with Gasteiger partial charge in [0.1, 0.15) is 11.4 Å². The Hall–Kier alpha value is -2.51. The van der Waals surface area contributed by atoms with Gasteiger partial charge in [0.25, 0.3) is 5.91 Å². The molecule has 0 aromatic heterocycles. The number of alkyl halides is 2. The Morgan fingerprint density at radius 3 is 2.69 bits per heavy atom. The number of nitrogens with zero attached hydrogens (tertiary/aromatic N) is 1. The number of hydrogen-bond donors (Lipinski definition) is 1. The van der Waals surface area contributed by atoms with Crippen LogP contribution in [0, 0.1) is 6.92 Å². The molecule has 134 valence electrons. The van der Waals surface area contributed by atoms with E-state index in [0.29, 0.717) is 16.3 Å². The number of benzene rings is 2. The molecular weight excluding hydrogens is 382 g/mol. The van der Waals surface area contributed by atoms with Crippen molar-refractivity contribution in [2.24, 2.45) is 0 Å². The van der Waals surface area contributed by atoms with Gasteiger partial charge in [0.15, 0.2) is 5.11 Å². The van der Waals surface area contributed by atoms with Gasteiger partial charge in [-0.15, -0.1) is 0 Å². The molecule has 0 radical (unpaired) electrons. The van der Waals surface area contributed by atoms with E-state index in [2.05, 4.69) is 10.1 Å². The minimum atomic E-state index is -2.96. The number of thiocarbonyl (C=S) groups is 1. The summed E-state index contributed by atoms with van der Waals surface area (Å²) in [6, 6.07) is 11.3. The number of nitrogens with one attached hydrogen (secondary N) is 1. The van der Waals surface area contributed by atoms with Crippen molar-refractivity contribution in [1.29, 1.82) is 0 Å². The van der Waals surface area contributed by atoms with Gasteiger partial charge in [0, 0.05) is 10.6 Å². The first kappa shape index (κ1) is 18.3. The summed E-state index contributed by atoms with van der Waals surface area (Å²) in [5.41, 5.74) is 1.87. The highest BCUT2D eigenvalue weighted by Crippen LogP contribution is 2.28. The van der Waals surface area contributed by atoms with E-state index in [1.165, 1.54) is 17.0 Å². The van der Waals surface area contributed by atoms with Gasteiger partial charge in [-0.3, -0.25) is 9.69 Å². The van der Waals surface area contributed by atoms with Crippen molar-refractivity contribution in [2.45, 2.75) is 13.5 Å². The van der Waals surface area contributed by atoms with Crippen molar-refractivity contribution in [2.75, 3.05) is 4.90 Å². The molecule has 0 saturated carbocycles. The molecule has 1 N–H and O–H groups in total. The summed E-state index contributed by atoms with van der Waals surface area (Å²) >= 11 is 11.3. The Morgan fingerprint density at radius 2 is 2.00 bits per heavy atom. The van der Waals surface area contributed by atoms with Crippen LogP contribution in [0.25, 0.3) is 6.08 Å². The molecule has 0 aliphatic carbocycles. The maximum atomic E-state index is 12.7. The molecule has 3 rings (SSSR count). The number of carbonyl (C=O) groups excluding carboxylic acids is 1. The Kier molecular flexibility index (Phi) is 5.20. The second-order valence-electron chi connectivity index (χ2n) is 5.48. The first-order valence-electron chi connectivity index (χ1n) is 7.54. The molecule has 1 aliphatic rings. The number of carbonyl (C=O) groups is 1. The summed E-state index contributed by atoms with van der Waals surface area (Å²) in [5.74, 6) is -0.450. The van der Waals surface area contributed by atoms with Gasteiger partial charge in [-0.2, -0.15) is 8.78 Å². The minimum absolute atomic E-state index is 0.0349. The third kappa shape index (κ3) is 3.68. The lowest BCUT2D eigenvalue weighted by molar-refractivity contribution is -0.113. The zero-order valence-corrected chi connectivity index (χ0v) is 15.1. The highest BCUT2D eigenvalue weighted by Gasteiger charge is 2.32. The van der Waals surface area contributed by atoms with Crippen LogP contribution in [0.5, 0.6) is 5.75 Å². The Balaban J connectivity index is 1.94. The number of rotatable bonds is 4. The average Bonchev–Trinajstić information content (AvgIpc) is 2.85. The van der Waals surface area contributed by atoms with Crippen LogP contribution >= 0.6 is 23.8 Å². The van der Waals surface area contributed by atoms with Gasteiger partial charge in [-0.25, -0.2) is 0 Å². The van der Waals surface area contributed by atoms with Crippen LogP contribution in [-0.2, 0) is 4.79 Å². The maximum absolute atomic E-state index is 12.7. The molecule has 0 spiro atoms. The van der Waals surface area contributed by atoms with Gasteiger partial charge in [-0.05, 0) is 49.0 Å². The Labute approximate surface area is 159 Å². The molecule has 1 fully saturated rings. The van der Waals surface area contributed by atoms with Crippen LogP contribution in [0.3, 0.4) is 0 Å². The average molecular weight is 395 g/mol. The van der Waals surface area contributed by atoms with Crippen molar-refractivity contribution >= 4 is 46.6 Å². The number of hydrogen-bond acceptors (Lipinski definition) is 3. The minimum Gasteiger partial charge on any atom is -0.434 e. The molecule has 1 amide bonds. The molecule has 1 heterocycles. The monoisotopic (exact) mass is 394 g/mol. The Morgan fingerprint density at radius 1 is 1.27 bits per heavy atom. The molecule has 4 nitrogen and oxygen atoms in total. The molecule has 0 bridgehead atoms. The SMILES string of the molecule is Cc1ccc(N2C(=O)/C(=C\c3ccccc3OC(F)F)NC2=S)cc1Cl. The zero-order valence-electron chi connectivity index (χ0n) is 13.5. The third-order valence-electron chi connectivity index (χ3n) is 3.73. The van der Waals surface area contributed by atoms with Crippen LogP contribution < -0.4 is 15.0 Å². The number of anilines is 1. The molecular formula is C18H13ClF2N2O2S. The summed E-state index contributed by atoms with van der Waals surface area (Å²) in [6.45, 7) is -1.12. The Bertz CT molecular complexity index is 918. The molecule has 2 aromatic rings. The van der Waals surface area contributed by atoms with Crippen LogP contribution in [0.2, 0.25) is 5.02 Å². The number of halogens is 3. The quantitative estimate of drug-likeness (QED) is 0.612. The highest BCUT2D eigenvalue weighted by molar-refractivity contribution is 7.80. The number of aryl methyl sites for hydroxylation is 1. The fourth-order valence-corrected chi connectivity index (χ4v) is 2.92. The molecule has 0 atom stereocenters. The van der Waals surface area contributed by atoms with Crippen molar-refractivity contribution in [3.63, 3.8) is 0 Å². The molecule has 8 heteroatoms. The predicted octanol–water partition coefficient (Wildman–Crippen LogP) is 4.51. The predicted molar refractivity (Wildman–Crippen MR) is 100 cm³/mol. The van der Waals surface area contributed by atoms with E-state index in [0.717, 1.165) is 5.56 Å². The summed E-state index contributed by atoms with van der Waals surface area (Å²) in [7, 11) is 0. The molecule has 0 unspecified atom stereocenters. The first-order chi connectivity index (χ1) is 12.4.